The molecule has 1 aliphatic heterocycles. The zero-order valence-corrected chi connectivity index (χ0v) is 11.2. The van der Waals surface area contributed by atoms with E-state index in [1.54, 1.807) is 18.5 Å². The van der Waals surface area contributed by atoms with Gasteiger partial charge in [0.25, 0.3) is 0 Å². The highest BCUT2D eigenvalue weighted by Gasteiger charge is 2.31. The molecule has 0 amide bonds. The van der Waals surface area contributed by atoms with E-state index in [0.29, 0.717) is 17.7 Å². The van der Waals surface area contributed by atoms with Gasteiger partial charge in [0, 0.05) is 11.3 Å². The normalized spacial score (nSPS) is 22.2. The van der Waals surface area contributed by atoms with Gasteiger partial charge < -0.3 is 5.11 Å². The van der Waals surface area contributed by atoms with Crippen molar-refractivity contribution in [1.82, 2.24) is 9.78 Å². The van der Waals surface area contributed by atoms with Crippen molar-refractivity contribution in [2.75, 3.05) is 11.5 Å². The fraction of sp³-hybridized carbons (Fsp3) is 0.636. The average molecular weight is 272 g/mol. The van der Waals surface area contributed by atoms with Crippen molar-refractivity contribution >= 4 is 15.8 Å². The lowest BCUT2D eigenvalue weighted by molar-refractivity contribution is -0.136. The van der Waals surface area contributed by atoms with Gasteiger partial charge in [-0.1, -0.05) is 0 Å². The number of carboxylic acids is 1. The summed E-state index contributed by atoms with van der Waals surface area (Å²) < 4.78 is 24.6. The Morgan fingerprint density at radius 1 is 1.50 bits per heavy atom. The third kappa shape index (κ3) is 2.40. The van der Waals surface area contributed by atoms with E-state index in [1.165, 1.54) is 0 Å². The quantitative estimate of drug-likeness (QED) is 0.864. The highest BCUT2D eigenvalue weighted by atomic mass is 32.2. The molecule has 0 radical (unpaired) electrons. The molecule has 1 atom stereocenters. The van der Waals surface area contributed by atoms with Crippen LogP contribution < -0.4 is 0 Å². The first-order valence-electron chi connectivity index (χ1n) is 5.77. The number of aromatic nitrogens is 2. The van der Waals surface area contributed by atoms with E-state index in [4.69, 9.17) is 5.11 Å². The molecular weight excluding hydrogens is 256 g/mol. The summed E-state index contributed by atoms with van der Waals surface area (Å²) in [5.41, 5.74) is 2.11. The summed E-state index contributed by atoms with van der Waals surface area (Å²) in [4.78, 5) is 10.8. The van der Waals surface area contributed by atoms with Crippen molar-refractivity contribution in [2.24, 2.45) is 0 Å². The molecule has 0 saturated carbocycles. The molecule has 1 saturated heterocycles. The molecule has 2 heterocycles. The topological polar surface area (TPSA) is 89.3 Å². The predicted molar refractivity (Wildman–Crippen MR) is 65.3 cm³/mol. The predicted octanol–water partition coefficient (Wildman–Crippen LogP) is 0.487. The first kappa shape index (κ1) is 13.1. The van der Waals surface area contributed by atoms with Gasteiger partial charge in [-0.3, -0.25) is 9.48 Å². The fourth-order valence-electron chi connectivity index (χ4n) is 2.43. The zero-order valence-electron chi connectivity index (χ0n) is 10.4. The summed E-state index contributed by atoms with van der Waals surface area (Å²) in [5.74, 6) is -0.619. The van der Waals surface area contributed by atoms with Crippen LogP contribution in [-0.4, -0.2) is 40.8 Å². The van der Waals surface area contributed by atoms with Gasteiger partial charge in [0.1, 0.15) is 0 Å². The van der Waals surface area contributed by atoms with E-state index in [-0.39, 0.29) is 24.0 Å². The second kappa shape index (κ2) is 4.38. The van der Waals surface area contributed by atoms with Gasteiger partial charge in [0.15, 0.2) is 9.84 Å². The summed E-state index contributed by atoms with van der Waals surface area (Å²) in [6.45, 7) is 3.55. The minimum Gasteiger partial charge on any atom is -0.481 e. The molecule has 2 rings (SSSR count). The minimum absolute atomic E-state index is 0.0723. The number of rotatable bonds is 3. The van der Waals surface area contributed by atoms with Gasteiger partial charge in [-0.25, -0.2) is 8.42 Å². The molecule has 6 nitrogen and oxygen atoms in total. The number of sulfone groups is 1. The van der Waals surface area contributed by atoms with Crippen LogP contribution in [-0.2, 0) is 21.1 Å². The maximum atomic E-state index is 11.5. The lowest BCUT2D eigenvalue weighted by atomic mass is 10.1. The number of hydrogen-bond donors (Lipinski definition) is 1. The van der Waals surface area contributed by atoms with E-state index in [9.17, 15) is 13.2 Å². The van der Waals surface area contributed by atoms with E-state index in [2.05, 4.69) is 5.10 Å². The Labute approximate surface area is 106 Å². The summed E-state index contributed by atoms with van der Waals surface area (Å²) in [6.07, 6.45) is 0.480. The summed E-state index contributed by atoms with van der Waals surface area (Å²) in [5, 5.41) is 13.1. The Morgan fingerprint density at radius 2 is 2.17 bits per heavy atom. The second-order valence-electron chi connectivity index (χ2n) is 4.72. The van der Waals surface area contributed by atoms with Crippen LogP contribution in [0.25, 0.3) is 0 Å². The first-order valence-corrected chi connectivity index (χ1v) is 7.59. The summed E-state index contributed by atoms with van der Waals surface area (Å²) in [6, 6.07) is -0.156. The van der Waals surface area contributed by atoms with Gasteiger partial charge in [-0.05, 0) is 20.3 Å². The van der Waals surface area contributed by atoms with Crippen LogP contribution in [0.1, 0.15) is 29.4 Å². The van der Waals surface area contributed by atoms with Crippen molar-refractivity contribution in [3.63, 3.8) is 0 Å². The van der Waals surface area contributed by atoms with Gasteiger partial charge in [0.2, 0.25) is 0 Å². The molecule has 0 bridgehead atoms. The van der Waals surface area contributed by atoms with E-state index < -0.39 is 15.8 Å². The Bertz CT molecular complexity index is 588. The first-order chi connectivity index (χ1) is 8.30. The van der Waals surface area contributed by atoms with Crippen LogP contribution in [0.15, 0.2) is 0 Å². The third-order valence-electron chi connectivity index (χ3n) is 3.36. The molecule has 0 aromatic carbocycles. The lowest BCUT2D eigenvalue weighted by Crippen LogP contribution is -2.14. The Kier molecular flexibility index (Phi) is 3.18. The van der Waals surface area contributed by atoms with Gasteiger partial charge in [-0.15, -0.1) is 0 Å². The minimum atomic E-state index is -2.96. The Balaban J connectivity index is 2.33. The van der Waals surface area contributed by atoms with Gasteiger partial charge in [0.05, 0.1) is 29.7 Å². The molecule has 1 aromatic heterocycles. The fourth-order valence-corrected chi connectivity index (χ4v) is 4.12. The van der Waals surface area contributed by atoms with Crippen molar-refractivity contribution in [3.8, 4) is 0 Å². The molecule has 0 aliphatic carbocycles. The van der Waals surface area contributed by atoms with Crippen LogP contribution in [0.2, 0.25) is 0 Å². The third-order valence-corrected chi connectivity index (χ3v) is 5.11. The van der Waals surface area contributed by atoms with Crippen molar-refractivity contribution in [1.29, 1.82) is 0 Å². The van der Waals surface area contributed by atoms with E-state index in [1.807, 2.05) is 0 Å². The molecule has 1 fully saturated rings. The van der Waals surface area contributed by atoms with Crippen LogP contribution in [0.3, 0.4) is 0 Å². The maximum absolute atomic E-state index is 11.5. The summed E-state index contributed by atoms with van der Waals surface area (Å²) in [7, 11) is -2.96. The average Bonchev–Trinajstić information content (AvgIpc) is 2.72. The molecule has 18 heavy (non-hydrogen) atoms. The Morgan fingerprint density at radius 3 is 2.67 bits per heavy atom. The molecule has 0 spiro atoms. The van der Waals surface area contributed by atoms with E-state index in [0.717, 1.165) is 5.69 Å². The summed E-state index contributed by atoms with van der Waals surface area (Å²) >= 11 is 0. The van der Waals surface area contributed by atoms with Crippen molar-refractivity contribution < 1.29 is 18.3 Å². The number of aryl methyl sites for hydroxylation is 1. The molecule has 1 aliphatic rings. The van der Waals surface area contributed by atoms with Gasteiger partial charge >= 0.3 is 5.97 Å². The SMILES string of the molecule is Cc1nn(C2CCS(=O)(=O)C2)c(C)c1CC(=O)O. The number of nitrogens with zero attached hydrogens (tertiary/aromatic N) is 2. The van der Waals surface area contributed by atoms with Crippen LogP contribution in [0, 0.1) is 13.8 Å². The van der Waals surface area contributed by atoms with Crippen LogP contribution in [0.4, 0.5) is 0 Å². The van der Waals surface area contributed by atoms with Gasteiger partial charge in [-0.2, -0.15) is 5.10 Å². The highest BCUT2D eigenvalue weighted by Crippen LogP contribution is 2.26. The van der Waals surface area contributed by atoms with Crippen molar-refractivity contribution in [3.05, 3.63) is 17.0 Å². The number of aliphatic carboxylic acids is 1. The largest absolute Gasteiger partial charge is 0.481 e. The number of carboxylic acid groups (broad SMARTS) is 1. The standard InChI is InChI=1S/C11H16N2O4S/c1-7-10(5-11(14)15)8(2)13(12-7)9-3-4-18(16,17)6-9/h9H,3-6H2,1-2H3,(H,14,15). The Hall–Kier alpha value is -1.37. The van der Waals surface area contributed by atoms with Crippen molar-refractivity contribution in [2.45, 2.75) is 32.7 Å². The second-order valence-corrected chi connectivity index (χ2v) is 6.95. The zero-order chi connectivity index (χ0) is 13.5. The molecule has 1 unspecified atom stereocenters. The number of hydrogen-bond acceptors (Lipinski definition) is 4. The molecular formula is C11H16N2O4S. The van der Waals surface area contributed by atoms with E-state index >= 15 is 0 Å². The molecule has 7 heteroatoms. The number of carbonyl (C=O) groups is 1. The smallest absolute Gasteiger partial charge is 0.307 e. The monoisotopic (exact) mass is 272 g/mol. The van der Waals surface area contributed by atoms with Crippen LogP contribution >= 0.6 is 0 Å². The molecule has 100 valence electrons. The molecule has 1 aromatic rings. The lowest BCUT2D eigenvalue weighted by Gasteiger charge is -2.11. The van der Waals surface area contributed by atoms with Crippen LogP contribution in [0.5, 0.6) is 0 Å². The maximum Gasteiger partial charge on any atom is 0.307 e. The highest BCUT2D eigenvalue weighted by molar-refractivity contribution is 7.91. The molecule has 1 N–H and O–H groups in total.